The van der Waals surface area contributed by atoms with Crippen LogP contribution in [0.25, 0.3) is 11.3 Å². The molecule has 0 radical (unpaired) electrons. The van der Waals surface area contributed by atoms with Gasteiger partial charge in [0.05, 0.1) is 16.3 Å². The molecule has 0 amide bonds. The van der Waals surface area contributed by atoms with Crippen LogP contribution in [0.15, 0.2) is 70.6 Å². The highest BCUT2D eigenvalue weighted by Gasteiger charge is 2.15. The highest BCUT2D eigenvalue weighted by molar-refractivity contribution is 7.92. The van der Waals surface area contributed by atoms with Gasteiger partial charge in [-0.3, -0.25) is 4.72 Å². The van der Waals surface area contributed by atoms with E-state index in [9.17, 15) is 16.8 Å². The normalized spacial score (nSPS) is 11.9. The Morgan fingerprint density at radius 2 is 1.61 bits per heavy atom. The molecule has 146 valence electrons. The van der Waals surface area contributed by atoms with E-state index >= 15 is 0 Å². The van der Waals surface area contributed by atoms with Crippen LogP contribution in [0, 0.1) is 6.92 Å². The maximum absolute atomic E-state index is 12.5. The first-order valence-corrected chi connectivity index (χ1v) is 11.6. The number of nitrogens with one attached hydrogen (secondary N) is 1. The van der Waals surface area contributed by atoms with Gasteiger partial charge in [0.1, 0.15) is 0 Å². The van der Waals surface area contributed by atoms with Crippen LogP contribution < -0.4 is 4.72 Å². The Labute approximate surface area is 164 Å². The van der Waals surface area contributed by atoms with E-state index in [2.05, 4.69) is 14.9 Å². The average Bonchev–Trinajstić information content (AvgIpc) is 2.68. The van der Waals surface area contributed by atoms with Crippen LogP contribution >= 0.6 is 0 Å². The molecular weight excluding hydrogens is 398 g/mol. The first-order chi connectivity index (χ1) is 13.2. The Bertz CT molecular complexity index is 1190. The number of sulfonamides is 1. The van der Waals surface area contributed by atoms with Crippen molar-refractivity contribution in [2.75, 3.05) is 10.5 Å². The van der Waals surface area contributed by atoms with E-state index in [4.69, 9.17) is 0 Å². The Balaban J connectivity index is 1.80. The lowest BCUT2D eigenvalue weighted by Gasteiger charge is -2.09. The van der Waals surface area contributed by atoms with Crippen LogP contribution in [0.2, 0.25) is 0 Å². The van der Waals surface area contributed by atoms with Gasteiger partial charge >= 0.3 is 0 Å². The molecule has 0 fully saturated rings. The summed E-state index contributed by atoms with van der Waals surface area (Å²) in [4.78, 5) is 0.190. The summed E-state index contributed by atoms with van der Waals surface area (Å²) >= 11 is 0. The van der Waals surface area contributed by atoms with E-state index in [-0.39, 0.29) is 15.7 Å². The molecule has 2 aromatic carbocycles. The fraction of sp³-hybridized carbons (Fsp3) is 0.158. The lowest BCUT2D eigenvalue weighted by molar-refractivity contribution is 0.591. The summed E-state index contributed by atoms with van der Waals surface area (Å²) in [5.41, 5.74) is 2.43. The van der Waals surface area contributed by atoms with Gasteiger partial charge in [-0.2, -0.15) is 0 Å². The minimum Gasteiger partial charge on any atom is -0.280 e. The van der Waals surface area contributed by atoms with Crippen LogP contribution in [-0.2, 0) is 19.9 Å². The van der Waals surface area contributed by atoms with Crippen molar-refractivity contribution in [2.24, 2.45) is 0 Å². The molecule has 3 rings (SSSR count). The molecule has 0 bridgehead atoms. The van der Waals surface area contributed by atoms with Crippen molar-refractivity contribution in [1.29, 1.82) is 0 Å². The second-order valence-electron chi connectivity index (χ2n) is 6.16. The quantitative estimate of drug-likeness (QED) is 0.661. The molecule has 0 unspecified atom stereocenters. The van der Waals surface area contributed by atoms with Gasteiger partial charge in [-0.05, 0) is 48.9 Å². The molecule has 1 N–H and O–H groups in total. The Kier molecular flexibility index (Phi) is 5.48. The molecule has 1 aromatic heterocycles. The summed E-state index contributed by atoms with van der Waals surface area (Å²) in [6.45, 7) is 3.37. The van der Waals surface area contributed by atoms with Crippen molar-refractivity contribution in [3.63, 3.8) is 0 Å². The van der Waals surface area contributed by atoms with Gasteiger partial charge < -0.3 is 0 Å². The van der Waals surface area contributed by atoms with Gasteiger partial charge in [-0.15, -0.1) is 10.2 Å². The molecule has 1 heterocycles. The monoisotopic (exact) mass is 417 g/mol. The minimum atomic E-state index is -3.68. The maximum Gasteiger partial charge on any atom is 0.261 e. The van der Waals surface area contributed by atoms with Crippen molar-refractivity contribution >= 4 is 25.5 Å². The fourth-order valence-corrected chi connectivity index (χ4v) is 4.39. The number of hydrogen-bond acceptors (Lipinski definition) is 6. The zero-order chi connectivity index (χ0) is 20.4. The third-order valence-corrected chi connectivity index (χ3v) is 7.07. The van der Waals surface area contributed by atoms with E-state index in [0.717, 1.165) is 5.56 Å². The molecule has 0 saturated carbocycles. The third-order valence-electron chi connectivity index (χ3n) is 4.07. The van der Waals surface area contributed by atoms with E-state index in [1.807, 2.05) is 13.0 Å². The third kappa shape index (κ3) is 4.37. The van der Waals surface area contributed by atoms with Crippen LogP contribution in [0.1, 0.15) is 12.5 Å². The predicted octanol–water partition coefficient (Wildman–Crippen LogP) is 3.05. The number of anilines is 1. The second kappa shape index (κ2) is 7.69. The van der Waals surface area contributed by atoms with Crippen molar-refractivity contribution in [1.82, 2.24) is 10.2 Å². The summed E-state index contributed by atoms with van der Waals surface area (Å²) in [6.07, 6.45) is 0. The van der Waals surface area contributed by atoms with Gasteiger partial charge in [-0.25, -0.2) is 16.8 Å². The summed E-state index contributed by atoms with van der Waals surface area (Å²) in [6, 6.07) is 16.2. The molecule has 3 aromatic rings. The SMILES string of the molecule is CCS(=O)(=O)c1ccc(-c2ccc(NS(=O)(=O)c3cccc(C)c3)cc2)nn1. The number of sulfone groups is 1. The number of nitrogens with zero attached hydrogens (tertiary/aromatic N) is 2. The van der Waals surface area contributed by atoms with Crippen LogP contribution in [0.3, 0.4) is 0 Å². The van der Waals surface area contributed by atoms with E-state index in [1.54, 1.807) is 49.4 Å². The molecule has 0 spiro atoms. The van der Waals surface area contributed by atoms with E-state index in [0.29, 0.717) is 16.9 Å². The van der Waals surface area contributed by atoms with Crippen LogP contribution in [0.5, 0.6) is 0 Å². The zero-order valence-electron chi connectivity index (χ0n) is 15.3. The molecule has 0 aliphatic rings. The maximum atomic E-state index is 12.5. The van der Waals surface area contributed by atoms with Gasteiger partial charge in [0.15, 0.2) is 14.9 Å². The smallest absolute Gasteiger partial charge is 0.261 e. The lowest BCUT2D eigenvalue weighted by atomic mass is 10.1. The molecule has 7 nitrogen and oxygen atoms in total. The Hall–Kier alpha value is -2.78. The van der Waals surface area contributed by atoms with E-state index < -0.39 is 19.9 Å². The largest absolute Gasteiger partial charge is 0.280 e. The number of hydrogen-bond donors (Lipinski definition) is 1. The Morgan fingerprint density at radius 1 is 0.893 bits per heavy atom. The molecule has 0 aliphatic heterocycles. The van der Waals surface area contributed by atoms with Gasteiger partial charge in [0, 0.05) is 11.3 Å². The van der Waals surface area contributed by atoms with Crippen LogP contribution in [0.4, 0.5) is 5.69 Å². The molecule has 28 heavy (non-hydrogen) atoms. The standard InChI is InChI=1S/C19H19N3O4S2/c1-3-27(23,24)19-12-11-18(20-21-19)15-7-9-16(10-8-15)22-28(25,26)17-6-4-5-14(2)13-17/h4-13,22H,3H2,1-2H3. The minimum absolute atomic E-state index is 0.0448. The highest BCUT2D eigenvalue weighted by atomic mass is 32.2. The predicted molar refractivity (Wildman–Crippen MR) is 107 cm³/mol. The summed E-state index contributed by atoms with van der Waals surface area (Å²) in [5, 5.41) is 7.67. The number of aryl methyl sites for hydroxylation is 1. The highest BCUT2D eigenvalue weighted by Crippen LogP contribution is 2.22. The number of rotatable bonds is 6. The summed E-state index contributed by atoms with van der Waals surface area (Å²) in [5.74, 6) is -0.0448. The first-order valence-electron chi connectivity index (χ1n) is 8.48. The number of benzene rings is 2. The zero-order valence-corrected chi connectivity index (χ0v) is 17.0. The average molecular weight is 418 g/mol. The number of aromatic nitrogens is 2. The van der Waals surface area contributed by atoms with Crippen molar-refractivity contribution in [2.45, 2.75) is 23.8 Å². The van der Waals surface area contributed by atoms with Gasteiger partial charge in [0.2, 0.25) is 0 Å². The molecular formula is C19H19N3O4S2. The fourth-order valence-electron chi connectivity index (χ4n) is 2.49. The van der Waals surface area contributed by atoms with Gasteiger partial charge in [0.25, 0.3) is 10.0 Å². The first kappa shape index (κ1) is 20.0. The molecule has 9 heteroatoms. The van der Waals surface area contributed by atoms with Crippen LogP contribution in [-0.4, -0.2) is 32.8 Å². The molecule has 0 aliphatic carbocycles. The van der Waals surface area contributed by atoms with Gasteiger partial charge in [-0.1, -0.05) is 31.2 Å². The summed E-state index contributed by atoms with van der Waals surface area (Å²) < 4.78 is 51.1. The van der Waals surface area contributed by atoms with Crippen molar-refractivity contribution in [3.05, 3.63) is 66.2 Å². The summed E-state index contributed by atoms with van der Waals surface area (Å²) in [7, 11) is -7.09. The van der Waals surface area contributed by atoms with Crippen molar-refractivity contribution < 1.29 is 16.8 Å². The molecule has 0 atom stereocenters. The molecule has 0 saturated heterocycles. The topological polar surface area (TPSA) is 106 Å². The second-order valence-corrected chi connectivity index (χ2v) is 10.1. The lowest BCUT2D eigenvalue weighted by Crippen LogP contribution is -2.13. The van der Waals surface area contributed by atoms with E-state index in [1.165, 1.54) is 12.1 Å². The Morgan fingerprint density at radius 3 is 2.18 bits per heavy atom. The van der Waals surface area contributed by atoms with Crippen molar-refractivity contribution in [3.8, 4) is 11.3 Å².